The van der Waals surface area contributed by atoms with E-state index in [1.54, 1.807) is 12.1 Å². The summed E-state index contributed by atoms with van der Waals surface area (Å²) in [4.78, 5) is 2.05. The molecular weight excluding hydrogens is 400 g/mol. The first-order chi connectivity index (χ1) is 13.4. The number of piperazine rings is 1. The zero-order chi connectivity index (χ0) is 20.0. The number of hydrogen-bond donors (Lipinski definition) is 1. The molecule has 8 heteroatoms. The molecule has 1 atom stereocenters. The Morgan fingerprint density at radius 3 is 2.32 bits per heavy atom. The van der Waals surface area contributed by atoms with E-state index in [-0.39, 0.29) is 12.4 Å². The smallest absolute Gasteiger partial charge is 0.218 e. The average molecular weight is 425 g/mol. The predicted molar refractivity (Wildman–Crippen MR) is 110 cm³/mol. The van der Waals surface area contributed by atoms with Crippen molar-refractivity contribution in [3.05, 3.63) is 65.2 Å². The van der Waals surface area contributed by atoms with Crippen molar-refractivity contribution in [2.45, 2.75) is 11.9 Å². The first kappa shape index (κ1) is 21.1. The molecule has 1 heterocycles. The lowest BCUT2D eigenvalue weighted by Gasteiger charge is -2.34. The second kappa shape index (κ2) is 9.71. The molecule has 152 valence electrons. The van der Waals surface area contributed by atoms with Gasteiger partial charge in [-0.2, -0.15) is 4.31 Å². The zero-order valence-electron chi connectivity index (χ0n) is 15.6. The van der Waals surface area contributed by atoms with E-state index in [1.165, 1.54) is 4.31 Å². The molecule has 0 saturated carbocycles. The number of ether oxygens (including phenoxy) is 1. The van der Waals surface area contributed by atoms with Gasteiger partial charge in [0.25, 0.3) is 0 Å². The van der Waals surface area contributed by atoms with Crippen LogP contribution in [0.2, 0.25) is 5.02 Å². The molecule has 0 amide bonds. The molecule has 0 unspecified atom stereocenters. The van der Waals surface area contributed by atoms with Crippen LogP contribution in [0, 0.1) is 0 Å². The quantitative estimate of drug-likeness (QED) is 0.703. The summed E-state index contributed by atoms with van der Waals surface area (Å²) in [5.41, 5.74) is 0.789. The topological polar surface area (TPSA) is 70.1 Å². The monoisotopic (exact) mass is 424 g/mol. The van der Waals surface area contributed by atoms with Crippen molar-refractivity contribution in [2.24, 2.45) is 0 Å². The van der Waals surface area contributed by atoms with Crippen LogP contribution in [0.5, 0.6) is 5.75 Å². The minimum atomic E-state index is -3.33. The number of sulfonamides is 1. The summed E-state index contributed by atoms with van der Waals surface area (Å²) in [6.45, 7) is 2.57. The fraction of sp³-hybridized carbons (Fsp3) is 0.400. The summed E-state index contributed by atoms with van der Waals surface area (Å²) in [5, 5.41) is 10.7. The van der Waals surface area contributed by atoms with Gasteiger partial charge in [-0.25, -0.2) is 8.42 Å². The number of β-amino-alcohol motifs (C(OH)–C–C–N with tert-alkyl or cyclic N) is 1. The second-order valence-corrected chi connectivity index (χ2v) is 9.21. The molecule has 2 aromatic carbocycles. The molecule has 1 aliphatic rings. The minimum Gasteiger partial charge on any atom is -0.489 e. The SMILES string of the molecule is O=S(=O)(Cc1ccccc1)N1CCN(C[C@@H](O)COc2ccccc2Cl)CC1. The molecule has 3 rings (SSSR count). The van der Waals surface area contributed by atoms with Crippen molar-refractivity contribution in [3.8, 4) is 5.75 Å². The van der Waals surface area contributed by atoms with Crippen molar-refractivity contribution in [1.29, 1.82) is 0 Å². The third-order valence-electron chi connectivity index (χ3n) is 4.65. The van der Waals surface area contributed by atoms with Crippen LogP contribution in [-0.4, -0.2) is 68.2 Å². The van der Waals surface area contributed by atoms with Gasteiger partial charge in [-0.05, 0) is 17.7 Å². The normalized spacial score (nSPS) is 17.4. The Morgan fingerprint density at radius 2 is 1.64 bits per heavy atom. The van der Waals surface area contributed by atoms with Gasteiger partial charge in [0, 0.05) is 32.7 Å². The molecule has 28 heavy (non-hydrogen) atoms. The van der Waals surface area contributed by atoms with Crippen LogP contribution < -0.4 is 4.74 Å². The lowest BCUT2D eigenvalue weighted by Crippen LogP contribution is -2.51. The van der Waals surface area contributed by atoms with E-state index in [1.807, 2.05) is 42.5 Å². The van der Waals surface area contributed by atoms with E-state index in [2.05, 4.69) is 4.90 Å². The maximum Gasteiger partial charge on any atom is 0.218 e. The highest BCUT2D eigenvalue weighted by Gasteiger charge is 2.27. The standard InChI is InChI=1S/C20H25ClN2O4S/c21-19-8-4-5-9-20(19)27-15-18(24)14-22-10-12-23(13-11-22)28(25,26)16-17-6-2-1-3-7-17/h1-9,18,24H,10-16H2/t18-/m1/s1. The minimum absolute atomic E-state index is 0.0160. The highest BCUT2D eigenvalue weighted by Crippen LogP contribution is 2.23. The van der Waals surface area contributed by atoms with E-state index in [0.717, 1.165) is 5.56 Å². The fourth-order valence-electron chi connectivity index (χ4n) is 3.16. The van der Waals surface area contributed by atoms with Gasteiger partial charge < -0.3 is 9.84 Å². The third-order valence-corrected chi connectivity index (χ3v) is 6.82. The molecule has 1 N–H and O–H groups in total. The molecule has 0 aliphatic carbocycles. The molecule has 0 spiro atoms. The Kier molecular flexibility index (Phi) is 7.31. The van der Waals surface area contributed by atoms with Gasteiger partial charge in [0.1, 0.15) is 18.5 Å². The average Bonchev–Trinajstić information content (AvgIpc) is 2.68. The first-order valence-corrected chi connectivity index (χ1v) is 11.2. The Hall–Kier alpha value is -1.64. The second-order valence-electron chi connectivity index (χ2n) is 6.84. The maximum atomic E-state index is 12.6. The van der Waals surface area contributed by atoms with Crippen molar-refractivity contribution in [2.75, 3.05) is 39.3 Å². The summed E-state index contributed by atoms with van der Waals surface area (Å²) < 4.78 is 32.3. The van der Waals surface area contributed by atoms with Crippen molar-refractivity contribution >= 4 is 21.6 Å². The molecule has 0 bridgehead atoms. The van der Waals surface area contributed by atoms with Crippen LogP contribution in [0.4, 0.5) is 0 Å². The van der Waals surface area contributed by atoms with E-state index < -0.39 is 16.1 Å². The third kappa shape index (κ3) is 5.93. The molecule has 2 aromatic rings. The molecular formula is C20H25ClN2O4S. The van der Waals surface area contributed by atoms with Crippen LogP contribution >= 0.6 is 11.6 Å². The Labute approximate surface area is 171 Å². The highest BCUT2D eigenvalue weighted by molar-refractivity contribution is 7.88. The van der Waals surface area contributed by atoms with Gasteiger partial charge >= 0.3 is 0 Å². The van der Waals surface area contributed by atoms with E-state index in [0.29, 0.717) is 43.5 Å². The van der Waals surface area contributed by atoms with Gasteiger partial charge in [0.2, 0.25) is 10.0 Å². The Morgan fingerprint density at radius 1 is 1.00 bits per heavy atom. The largest absolute Gasteiger partial charge is 0.489 e. The van der Waals surface area contributed by atoms with E-state index in [4.69, 9.17) is 16.3 Å². The summed E-state index contributed by atoms with van der Waals surface area (Å²) in [6.07, 6.45) is -0.677. The fourth-order valence-corrected chi connectivity index (χ4v) is 4.87. The first-order valence-electron chi connectivity index (χ1n) is 9.23. The Bertz CT molecular complexity index is 856. The van der Waals surface area contributed by atoms with Crippen LogP contribution in [0.3, 0.4) is 0 Å². The van der Waals surface area contributed by atoms with E-state index >= 15 is 0 Å². The number of aliphatic hydroxyl groups excluding tert-OH is 1. The predicted octanol–water partition coefficient (Wildman–Crippen LogP) is 2.23. The lowest BCUT2D eigenvalue weighted by molar-refractivity contribution is 0.0569. The van der Waals surface area contributed by atoms with Crippen LogP contribution in [0.25, 0.3) is 0 Å². The molecule has 0 aromatic heterocycles. The molecule has 1 aliphatic heterocycles. The maximum absolute atomic E-state index is 12.6. The number of rotatable bonds is 8. The van der Waals surface area contributed by atoms with Crippen LogP contribution in [-0.2, 0) is 15.8 Å². The van der Waals surface area contributed by atoms with E-state index in [9.17, 15) is 13.5 Å². The molecule has 0 radical (unpaired) electrons. The van der Waals surface area contributed by atoms with Gasteiger partial charge in [-0.15, -0.1) is 0 Å². The summed E-state index contributed by atoms with van der Waals surface area (Å²) >= 11 is 6.04. The Balaban J connectivity index is 1.44. The molecule has 1 fully saturated rings. The highest BCUT2D eigenvalue weighted by atomic mass is 35.5. The lowest BCUT2D eigenvalue weighted by atomic mass is 10.2. The number of benzene rings is 2. The van der Waals surface area contributed by atoms with Gasteiger partial charge in [-0.1, -0.05) is 54.1 Å². The van der Waals surface area contributed by atoms with Gasteiger partial charge in [0.05, 0.1) is 10.8 Å². The number of para-hydroxylation sites is 1. The van der Waals surface area contributed by atoms with Crippen molar-refractivity contribution in [1.82, 2.24) is 9.21 Å². The number of hydrogen-bond acceptors (Lipinski definition) is 5. The molecule has 6 nitrogen and oxygen atoms in total. The van der Waals surface area contributed by atoms with Crippen LogP contribution in [0.1, 0.15) is 5.56 Å². The number of halogens is 1. The summed E-state index contributed by atoms with van der Waals surface area (Å²) in [5.74, 6) is 0.558. The van der Waals surface area contributed by atoms with Gasteiger partial charge in [0.15, 0.2) is 0 Å². The summed E-state index contributed by atoms with van der Waals surface area (Å²) in [7, 11) is -3.33. The number of nitrogens with zero attached hydrogens (tertiary/aromatic N) is 2. The zero-order valence-corrected chi connectivity index (χ0v) is 17.1. The summed E-state index contributed by atoms with van der Waals surface area (Å²) in [6, 6.07) is 16.3. The van der Waals surface area contributed by atoms with Crippen molar-refractivity contribution in [3.63, 3.8) is 0 Å². The molecule has 1 saturated heterocycles. The van der Waals surface area contributed by atoms with Gasteiger partial charge in [-0.3, -0.25) is 4.90 Å². The van der Waals surface area contributed by atoms with Crippen molar-refractivity contribution < 1.29 is 18.3 Å². The van der Waals surface area contributed by atoms with Crippen LogP contribution in [0.15, 0.2) is 54.6 Å². The number of aliphatic hydroxyl groups is 1.